The first kappa shape index (κ1) is 15.0. The topological polar surface area (TPSA) is 65.1 Å². The predicted molar refractivity (Wildman–Crippen MR) is 89.9 cm³/mol. The smallest absolute Gasteiger partial charge is 0.238 e. The van der Waals surface area contributed by atoms with Gasteiger partial charge in [0, 0.05) is 5.69 Å². The fourth-order valence-corrected chi connectivity index (χ4v) is 3.90. The van der Waals surface area contributed by atoms with Gasteiger partial charge < -0.3 is 4.57 Å². The highest BCUT2D eigenvalue weighted by Crippen LogP contribution is 2.30. The van der Waals surface area contributed by atoms with E-state index in [2.05, 4.69) is 35.9 Å². The number of nitrogens with zero attached hydrogens (tertiary/aromatic N) is 1. The number of aryl methyl sites for hydroxylation is 2. The Kier molecular flexibility index (Phi) is 3.68. The molecule has 0 aliphatic heterocycles. The van der Waals surface area contributed by atoms with Crippen molar-refractivity contribution in [2.45, 2.75) is 18.7 Å². The van der Waals surface area contributed by atoms with Crippen molar-refractivity contribution in [1.29, 1.82) is 0 Å². The molecular formula is C16H16N2O2S2. The van der Waals surface area contributed by atoms with Crippen molar-refractivity contribution in [2.24, 2.45) is 5.14 Å². The summed E-state index contributed by atoms with van der Waals surface area (Å²) in [6, 6.07) is 12.9. The zero-order valence-corrected chi connectivity index (χ0v) is 13.9. The number of hydrogen-bond acceptors (Lipinski definition) is 3. The second kappa shape index (κ2) is 5.39. The molecule has 1 aromatic carbocycles. The van der Waals surface area contributed by atoms with Crippen LogP contribution in [0, 0.1) is 13.8 Å². The molecule has 6 heteroatoms. The van der Waals surface area contributed by atoms with Crippen LogP contribution < -0.4 is 5.14 Å². The Labute approximate surface area is 133 Å². The number of rotatable bonds is 3. The Hall–Kier alpha value is -1.89. The molecule has 0 amide bonds. The second-order valence-corrected chi connectivity index (χ2v) is 7.68. The summed E-state index contributed by atoms with van der Waals surface area (Å²) >= 11 is 1.68. The van der Waals surface area contributed by atoms with Crippen LogP contribution in [0.3, 0.4) is 0 Å². The summed E-state index contributed by atoms with van der Waals surface area (Å²) in [4.78, 5) is 0.123. The number of benzene rings is 1. The molecule has 0 saturated carbocycles. The maximum Gasteiger partial charge on any atom is 0.238 e. The van der Waals surface area contributed by atoms with Crippen molar-refractivity contribution < 1.29 is 8.42 Å². The summed E-state index contributed by atoms with van der Waals surface area (Å²) in [5.41, 5.74) is 4.34. The molecule has 0 unspecified atom stereocenters. The maximum absolute atomic E-state index is 11.4. The van der Waals surface area contributed by atoms with Crippen molar-refractivity contribution in [3.63, 3.8) is 0 Å². The normalized spacial score (nSPS) is 11.8. The van der Waals surface area contributed by atoms with Crippen molar-refractivity contribution in [3.8, 4) is 16.3 Å². The minimum atomic E-state index is -3.66. The number of hydrogen-bond donors (Lipinski definition) is 1. The van der Waals surface area contributed by atoms with Crippen LogP contribution in [0.2, 0.25) is 0 Å². The Morgan fingerprint density at radius 1 is 1.05 bits per heavy atom. The monoisotopic (exact) mass is 332 g/mol. The summed E-state index contributed by atoms with van der Waals surface area (Å²) in [6.07, 6.45) is 0. The Morgan fingerprint density at radius 3 is 2.27 bits per heavy atom. The highest BCUT2D eigenvalue weighted by molar-refractivity contribution is 7.89. The number of nitrogens with two attached hydrogens (primary N) is 1. The first-order chi connectivity index (χ1) is 10.4. The van der Waals surface area contributed by atoms with Crippen LogP contribution in [-0.4, -0.2) is 13.0 Å². The molecule has 3 aromatic rings. The van der Waals surface area contributed by atoms with Gasteiger partial charge in [-0.3, -0.25) is 0 Å². The standard InChI is InChI=1S/C16H16N2O2S2/c1-11-9-16(21-10-11)18-12(2)3-8-15(18)13-4-6-14(7-5-13)22(17,19)20/h3-10H,1-2H3,(H2,17,19,20). The van der Waals surface area contributed by atoms with Crippen LogP contribution in [0.25, 0.3) is 16.3 Å². The summed E-state index contributed by atoms with van der Waals surface area (Å²) in [6.45, 7) is 4.12. The lowest BCUT2D eigenvalue weighted by Crippen LogP contribution is -2.11. The molecule has 0 fully saturated rings. The van der Waals surface area contributed by atoms with Crippen LogP contribution in [0.15, 0.2) is 52.7 Å². The predicted octanol–water partition coefficient (Wildman–Crippen LogP) is 3.47. The molecule has 2 heterocycles. The van der Waals surface area contributed by atoms with E-state index in [0.717, 1.165) is 22.0 Å². The van der Waals surface area contributed by atoms with Gasteiger partial charge in [0.05, 0.1) is 15.6 Å². The van der Waals surface area contributed by atoms with E-state index in [1.807, 2.05) is 6.07 Å². The summed E-state index contributed by atoms with van der Waals surface area (Å²) < 4.78 is 24.9. The van der Waals surface area contributed by atoms with Gasteiger partial charge >= 0.3 is 0 Å². The van der Waals surface area contributed by atoms with Gasteiger partial charge in [-0.2, -0.15) is 0 Å². The fraction of sp³-hybridized carbons (Fsp3) is 0.125. The van der Waals surface area contributed by atoms with Crippen LogP contribution in [0.5, 0.6) is 0 Å². The summed E-state index contributed by atoms with van der Waals surface area (Å²) in [5.74, 6) is 0. The fourth-order valence-electron chi connectivity index (χ4n) is 2.41. The molecule has 4 nitrogen and oxygen atoms in total. The van der Waals surface area contributed by atoms with Crippen LogP contribution in [0.4, 0.5) is 0 Å². The lowest BCUT2D eigenvalue weighted by atomic mass is 10.1. The molecule has 0 saturated heterocycles. The van der Waals surface area contributed by atoms with Gasteiger partial charge in [-0.15, -0.1) is 11.3 Å². The van der Waals surface area contributed by atoms with Gasteiger partial charge in [0.15, 0.2) is 0 Å². The number of aromatic nitrogens is 1. The molecule has 2 N–H and O–H groups in total. The highest BCUT2D eigenvalue weighted by Gasteiger charge is 2.12. The van der Waals surface area contributed by atoms with Crippen molar-refractivity contribution in [2.75, 3.05) is 0 Å². The molecule has 0 aliphatic rings. The van der Waals surface area contributed by atoms with Crippen LogP contribution in [0.1, 0.15) is 11.3 Å². The zero-order valence-electron chi connectivity index (χ0n) is 12.3. The first-order valence-electron chi connectivity index (χ1n) is 6.73. The van der Waals surface area contributed by atoms with Crippen LogP contribution >= 0.6 is 11.3 Å². The van der Waals surface area contributed by atoms with E-state index < -0.39 is 10.0 Å². The third-order valence-corrected chi connectivity index (χ3v) is 5.45. The van der Waals surface area contributed by atoms with Gasteiger partial charge in [0.1, 0.15) is 0 Å². The Balaban J connectivity index is 2.10. The lowest BCUT2D eigenvalue weighted by molar-refractivity contribution is 0.598. The van der Waals surface area contributed by atoms with Gasteiger partial charge in [0.2, 0.25) is 10.0 Å². The van der Waals surface area contributed by atoms with Gasteiger partial charge in [-0.05, 0) is 60.7 Å². The van der Waals surface area contributed by atoms with E-state index >= 15 is 0 Å². The van der Waals surface area contributed by atoms with Crippen LogP contribution in [-0.2, 0) is 10.0 Å². The first-order valence-corrected chi connectivity index (χ1v) is 9.16. The van der Waals surface area contributed by atoms with Crippen molar-refractivity contribution in [1.82, 2.24) is 4.57 Å². The highest BCUT2D eigenvalue weighted by atomic mass is 32.2. The molecular weight excluding hydrogens is 316 g/mol. The SMILES string of the molecule is Cc1csc(-n2c(C)ccc2-c2ccc(S(N)(=O)=O)cc2)c1. The average molecular weight is 332 g/mol. The number of primary sulfonamides is 1. The van der Waals surface area contributed by atoms with E-state index in [1.165, 1.54) is 17.7 Å². The quantitative estimate of drug-likeness (QED) is 0.798. The van der Waals surface area contributed by atoms with Gasteiger partial charge in [-0.25, -0.2) is 13.6 Å². The molecule has 3 rings (SSSR count). The minimum absolute atomic E-state index is 0.123. The number of sulfonamides is 1. The second-order valence-electron chi connectivity index (χ2n) is 5.23. The lowest BCUT2D eigenvalue weighted by Gasteiger charge is -2.10. The Bertz CT molecular complexity index is 919. The largest absolute Gasteiger partial charge is 0.305 e. The molecule has 22 heavy (non-hydrogen) atoms. The molecule has 2 aromatic heterocycles. The molecule has 0 radical (unpaired) electrons. The molecule has 0 spiro atoms. The average Bonchev–Trinajstić information content (AvgIpc) is 3.04. The van der Waals surface area contributed by atoms with Gasteiger partial charge in [0.25, 0.3) is 0 Å². The zero-order chi connectivity index (χ0) is 15.9. The molecule has 0 bridgehead atoms. The third kappa shape index (κ3) is 2.72. The van der Waals surface area contributed by atoms with E-state index in [9.17, 15) is 8.42 Å². The molecule has 0 atom stereocenters. The maximum atomic E-state index is 11.4. The van der Waals surface area contributed by atoms with E-state index in [0.29, 0.717) is 0 Å². The Morgan fingerprint density at radius 2 is 1.73 bits per heavy atom. The summed E-state index contributed by atoms with van der Waals surface area (Å²) in [5, 5.41) is 8.40. The van der Waals surface area contributed by atoms with E-state index in [1.54, 1.807) is 23.5 Å². The molecule has 0 aliphatic carbocycles. The van der Waals surface area contributed by atoms with Crippen molar-refractivity contribution >= 4 is 21.4 Å². The van der Waals surface area contributed by atoms with Gasteiger partial charge in [-0.1, -0.05) is 12.1 Å². The molecule has 114 valence electrons. The third-order valence-electron chi connectivity index (χ3n) is 3.49. The minimum Gasteiger partial charge on any atom is -0.305 e. The van der Waals surface area contributed by atoms with E-state index in [4.69, 9.17) is 5.14 Å². The summed E-state index contributed by atoms with van der Waals surface area (Å²) in [7, 11) is -3.66. The van der Waals surface area contributed by atoms with Crippen molar-refractivity contribution in [3.05, 3.63) is 59.1 Å². The number of thiophene rings is 1. The van der Waals surface area contributed by atoms with E-state index in [-0.39, 0.29) is 4.90 Å².